The Hall–Kier alpha value is -5.16. The van der Waals surface area contributed by atoms with Crippen LogP contribution in [0.2, 0.25) is 0 Å². The van der Waals surface area contributed by atoms with Crippen molar-refractivity contribution in [2.24, 2.45) is 0 Å². The number of aryl methyl sites for hydroxylation is 3. The van der Waals surface area contributed by atoms with Crippen LogP contribution in [-0.4, -0.2) is 19.3 Å². The molecule has 0 spiro atoms. The van der Waals surface area contributed by atoms with Crippen molar-refractivity contribution in [2.75, 3.05) is 0 Å². The third kappa shape index (κ3) is 5.06. The summed E-state index contributed by atoms with van der Waals surface area (Å²) in [5.41, 5.74) is 11.8. The summed E-state index contributed by atoms with van der Waals surface area (Å²) in [4.78, 5) is 4.73. The molecule has 5 nitrogen and oxygen atoms in total. The van der Waals surface area contributed by atoms with Crippen molar-refractivity contribution in [3.05, 3.63) is 131 Å². The number of ether oxygens (including phenoxy) is 1. The summed E-state index contributed by atoms with van der Waals surface area (Å²) in [6.45, 7) is 15.5. The number of pyridine rings is 1. The molecule has 0 unspecified atom stereocenters. The SMILES string of the molecule is Cc1ccnc(-n2c3ccccc3c3ccc(Oc4cccc(-n5nc(C(C)C)c(-c6c(C)cccc6C)c5C(C)C)c4)cc32)c1. The smallest absolute Gasteiger partial charge is 0.137 e. The molecule has 230 valence electrons. The summed E-state index contributed by atoms with van der Waals surface area (Å²) in [5.74, 6) is 2.96. The van der Waals surface area contributed by atoms with E-state index in [1.807, 2.05) is 18.3 Å². The van der Waals surface area contributed by atoms with Gasteiger partial charge in [-0.1, -0.05) is 70.2 Å². The van der Waals surface area contributed by atoms with E-state index in [1.165, 1.54) is 44.3 Å². The maximum absolute atomic E-state index is 6.59. The van der Waals surface area contributed by atoms with Gasteiger partial charge < -0.3 is 4.74 Å². The van der Waals surface area contributed by atoms with E-state index >= 15 is 0 Å². The molecule has 0 aliphatic carbocycles. The molecule has 0 amide bonds. The zero-order valence-electron chi connectivity index (χ0n) is 27.7. The number of rotatable bonds is 7. The highest BCUT2D eigenvalue weighted by atomic mass is 16.5. The van der Waals surface area contributed by atoms with Crippen molar-refractivity contribution < 1.29 is 4.74 Å². The molecule has 0 aliphatic rings. The first kappa shape index (κ1) is 29.5. The number of hydrogen-bond acceptors (Lipinski definition) is 3. The second kappa shape index (κ2) is 11.6. The van der Waals surface area contributed by atoms with Crippen molar-refractivity contribution in [3.8, 4) is 34.1 Å². The van der Waals surface area contributed by atoms with E-state index in [0.29, 0.717) is 0 Å². The fraction of sp³-hybridized carbons (Fsp3) is 0.220. The van der Waals surface area contributed by atoms with Crippen LogP contribution in [0.25, 0.3) is 44.4 Å². The minimum Gasteiger partial charge on any atom is -0.457 e. The van der Waals surface area contributed by atoms with Crippen LogP contribution >= 0.6 is 0 Å². The molecule has 4 aromatic carbocycles. The van der Waals surface area contributed by atoms with Crippen LogP contribution in [0.15, 0.2) is 103 Å². The van der Waals surface area contributed by atoms with E-state index in [1.54, 1.807) is 0 Å². The van der Waals surface area contributed by atoms with Crippen molar-refractivity contribution in [1.29, 1.82) is 0 Å². The van der Waals surface area contributed by atoms with Gasteiger partial charge in [0.05, 0.1) is 28.1 Å². The van der Waals surface area contributed by atoms with Crippen LogP contribution in [0.4, 0.5) is 0 Å². The molecule has 0 atom stereocenters. The largest absolute Gasteiger partial charge is 0.457 e. The monoisotopic (exact) mass is 604 g/mol. The molecule has 5 heteroatoms. The molecule has 46 heavy (non-hydrogen) atoms. The van der Waals surface area contributed by atoms with Crippen LogP contribution < -0.4 is 4.74 Å². The molecule has 0 saturated heterocycles. The fourth-order valence-electron chi connectivity index (χ4n) is 6.77. The number of hydrogen-bond donors (Lipinski definition) is 0. The van der Waals surface area contributed by atoms with E-state index in [-0.39, 0.29) is 11.8 Å². The Morgan fingerprint density at radius 1 is 0.630 bits per heavy atom. The lowest BCUT2D eigenvalue weighted by Gasteiger charge is -2.17. The van der Waals surface area contributed by atoms with Gasteiger partial charge in [0, 0.05) is 34.7 Å². The van der Waals surface area contributed by atoms with Crippen LogP contribution in [0.5, 0.6) is 11.5 Å². The minimum atomic E-state index is 0.262. The quantitative estimate of drug-likeness (QED) is 0.182. The van der Waals surface area contributed by atoms with Gasteiger partial charge in [-0.05, 0) is 97.3 Å². The molecular formula is C41H40N4O. The predicted molar refractivity (Wildman–Crippen MR) is 190 cm³/mol. The van der Waals surface area contributed by atoms with Gasteiger partial charge in [-0.15, -0.1) is 0 Å². The molecule has 0 radical (unpaired) electrons. The molecule has 0 saturated carbocycles. The third-order valence-corrected chi connectivity index (χ3v) is 8.85. The fourth-order valence-corrected chi connectivity index (χ4v) is 6.77. The summed E-state index contributed by atoms with van der Waals surface area (Å²) >= 11 is 0. The lowest BCUT2D eigenvalue weighted by atomic mass is 9.88. The number of aromatic nitrogens is 4. The third-order valence-electron chi connectivity index (χ3n) is 8.85. The van der Waals surface area contributed by atoms with Gasteiger partial charge >= 0.3 is 0 Å². The number of nitrogens with zero attached hydrogens (tertiary/aromatic N) is 4. The van der Waals surface area contributed by atoms with E-state index in [4.69, 9.17) is 14.8 Å². The maximum atomic E-state index is 6.59. The Morgan fingerprint density at radius 3 is 2.09 bits per heavy atom. The molecule has 3 heterocycles. The standard InChI is InChI=1S/C41H40N4O/c1-25(2)40-39(38-28(6)12-10-13-29(38)7)41(26(3)4)45(43-40)30-14-11-15-31(23-30)46-32-18-19-34-33-16-8-9-17-35(33)44(36(34)24-32)37-22-27(5)20-21-42-37/h8-26H,1-7H3. The van der Waals surface area contributed by atoms with E-state index < -0.39 is 0 Å². The average molecular weight is 605 g/mol. The first-order valence-corrected chi connectivity index (χ1v) is 16.1. The van der Waals surface area contributed by atoms with E-state index in [0.717, 1.165) is 39.7 Å². The molecule has 0 aliphatic heterocycles. The lowest BCUT2D eigenvalue weighted by Crippen LogP contribution is -2.05. The molecular weight excluding hydrogens is 564 g/mol. The number of benzene rings is 4. The molecule has 7 rings (SSSR count). The molecule has 0 N–H and O–H groups in total. The lowest BCUT2D eigenvalue weighted by molar-refractivity contribution is 0.482. The van der Waals surface area contributed by atoms with Gasteiger partial charge in [0.25, 0.3) is 0 Å². The summed E-state index contributed by atoms with van der Waals surface area (Å²) in [6, 6.07) is 33.8. The van der Waals surface area contributed by atoms with Gasteiger partial charge in [0.2, 0.25) is 0 Å². The topological polar surface area (TPSA) is 44.9 Å². The normalized spacial score (nSPS) is 11.8. The van der Waals surface area contributed by atoms with Crippen LogP contribution in [0.1, 0.15) is 67.6 Å². The van der Waals surface area contributed by atoms with Crippen molar-refractivity contribution >= 4 is 21.8 Å². The highest BCUT2D eigenvalue weighted by Gasteiger charge is 2.26. The summed E-state index contributed by atoms with van der Waals surface area (Å²) < 4.78 is 11.0. The Balaban J connectivity index is 1.33. The first-order chi connectivity index (χ1) is 22.2. The second-order valence-electron chi connectivity index (χ2n) is 13.0. The van der Waals surface area contributed by atoms with E-state index in [9.17, 15) is 0 Å². The van der Waals surface area contributed by atoms with Gasteiger partial charge in [0.15, 0.2) is 0 Å². The Kier molecular flexibility index (Phi) is 7.48. The summed E-state index contributed by atoms with van der Waals surface area (Å²) in [5, 5.41) is 7.63. The van der Waals surface area contributed by atoms with Crippen molar-refractivity contribution in [3.63, 3.8) is 0 Å². The Morgan fingerprint density at radius 2 is 1.35 bits per heavy atom. The van der Waals surface area contributed by atoms with E-state index in [2.05, 4.69) is 143 Å². The number of fused-ring (bicyclic) bond motifs is 3. The molecule has 3 aromatic heterocycles. The van der Waals surface area contributed by atoms with Crippen LogP contribution in [0.3, 0.4) is 0 Å². The zero-order chi connectivity index (χ0) is 32.1. The van der Waals surface area contributed by atoms with Crippen LogP contribution in [0, 0.1) is 20.8 Å². The Labute approximate surface area is 271 Å². The highest BCUT2D eigenvalue weighted by Crippen LogP contribution is 2.41. The van der Waals surface area contributed by atoms with Gasteiger partial charge in [0.1, 0.15) is 17.3 Å². The minimum absolute atomic E-state index is 0.262. The number of para-hydroxylation sites is 1. The van der Waals surface area contributed by atoms with Crippen molar-refractivity contribution in [1.82, 2.24) is 19.3 Å². The molecule has 0 fully saturated rings. The van der Waals surface area contributed by atoms with Gasteiger partial charge in [-0.25, -0.2) is 9.67 Å². The molecule has 0 bridgehead atoms. The van der Waals surface area contributed by atoms with Crippen molar-refractivity contribution in [2.45, 2.75) is 60.3 Å². The second-order valence-corrected chi connectivity index (χ2v) is 13.0. The van der Waals surface area contributed by atoms with Gasteiger partial charge in [-0.2, -0.15) is 5.10 Å². The van der Waals surface area contributed by atoms with Crippen LogP contribution in [-0.2, 0) is 0 Å². The molecule has 7 aromatic rings. The van der Waals surface area contributed by atoms with Gasteiger partial charge in [-0.3, -0.25) is 4.57 Å². The summed E-state index contributed by atoms with van der Waals surface area (Å²) in [6.07, 6.45) is 1.87. The first-order valence-electron chi connectivity index (χ1n) is 16.1. The zero-order valence-corrected chi connectivity index (χ0v) is 27.7. The maximum Gasteiger partial charge on any atom is 0.137 e. The predicted octanol–water partition coefficient (Wildman–Crippen LogP) is 11.0. The highest BCUT2D eigenvalue weighted by molar-refractivity contribution is 6.09. The Bertz CT molecular complexity index is 2210. The average Bonchev–Trinajstić information content (AvgIpc) is 3.58. The summed E-state index contributed by atoms with van der Waals surface area (Å²) in [7, 11) is 0.